The Kier molecular flexibility index (Phi) is 7.39. The third-order valence-electron chi connectivity index (χ3n) is 4.89. The van der Waals surface area contributed by atoms with Crippen LogP contribution in [0.5, 0.6) is 11.5 Å². The lowest BCUT2D eigenvalue weighted by Gasteiger charge is -2.26. The first-order valence-electron chi connectivity index (χ1n) is 9.64. The van der Waals surface area contributed by atoms with Gasteiger partial charge in [-0.3, -0.25) is 4.90 Å². The van der Waals surface area contributed by atoms with Crippen molar-refractivity contribution < 1.29 is 14.2 Å². The normalized spacial score (nSPS) is 14.7. The maximum Gasteiger partial charge on any atom is 0.245 e. The zero-order valence-corrected chi connectivity index (χ0v) is 16.9. The summed E-state index contributed by atoms with van der Waals surface area (Å²) in [6, 6.07) is 5.71. The molecule has 1 aliphatic rings. The van der Waals surface area contributed by atoms with Gasteiger partial charge in [0.05, 0.1) is 39.3 Å². The molecule has 1 aromatic heterocycles. The molecule has 8 heteroatoms. The summed E-state index contributed by atoms with van der Waals surface area (Å²) in [7, 11) is 5.25. The van der Waals surface area contributed by atoms with Crippen LogP contribution in [0.4, 0.5) is 5.95 Å². The average Bonchev–Trinajstić information content (AvgIpc) is 2.76. The highest BCUT2D eigenvalue weighted by molar-refractivity contribution is 5.64. The van der Waals surface area contributed by atoms with Gasteiger partial charge in [0.15, 0.2) is 11.5 Å². The summed E-state index contributed by atoms with van der Waals surface area (Å²) in [6.45, 7) is 5.78. The summed E-state index contributed by atoms with van der Waals surface area (Å²) in [5.74, 6) is 1.97. The fraction of sp³-hybridized carbons (Fsp3) is 0.550. The van der Waals surface area contributed by atoms with Gasteiger partial charge in [-0.15, -0.1) is 5.10 Å². The molecule has 0 amide bonds. The van der Waals surface area contributed by atoms with Gasteiger partial charge in [0.2, 0.25) is 5.95 Å². The second-order valence-electron chi connectivity index (χ2n) is 6.79. The van der Waals surface area contributed by atoms with E-state index in [0.717, 1.165) is 63.5 Å². The van der Waals surface area contributed by atoms with E-state index in [9.17, 15) is 0 Å². The fourth-order valence-corrected chi connectivity index (χ4v) is 3.20. The molecule has 0 N–H and O–H groups in total. The number of ether oxygens (including phenoxy) is 3. The van der Waals surface area contributed by atoms with Gasteiger partial charge in [-0.1, -0.05) is 0 Å². The lowest BCUT2D eigenvalue weighted by molar-refractivity contribution is 0.0372. The van der Waals surface area contributed by atoms with Crippen molar-refractivity contribution in [3.05, 3.63) is 24.4 Å². The molecule has 1 saturated heterocycles. The van der Waals surface area contributed by atoms with Crippen LogP contribution < -0.4 is 14.4 Å². The molecule has 0 atom stereocenters. The van der Waals surface area contributed by atoms with Gasteiger partial charge in [-0.25, -0.2) is 4.98 Å². The van der Waals surface area contributed by atoms with E-state index in [1.807, 2.05) is 25.2 Å². The van der Waals surface area contributed by atoms with Crippen molar-refractivity contribution in [2.45, 2.75) is 12.8 Å². The molecule has 0 radical (unpaired) electrons. The van der Waals surface area contributed by atoms with Gasteiger partial charge < -0.3 is 19.1 Å². The monoisotopic (exact) mass is 387 g/mol. The largest absolute Gasteiger partial charge is 0.493 e. The first-order valence-corrected chi connectivity index (χ1v) is 9.64. The molecule has 0 aliphatic carbocycles. The highest BCUT2D eigenvalue weighted by Crippen LogP contribution is 2.31. The Morgan fingerprint density at radius 2 is 1.89 bits per heavy atom. The highest BCUT2D eigenvalue weighted by Gasteiger charge is 2.12. The number of rotatable bonds is 9. The van der Waals surface area contributed by atoms with Crippen molar-refractivity contribution in [3.63, 3.8) is 0 Å². The first kappa shape index (κ1) is 20.3. The number of unbranched alkanes of at least 4 members (excludes halogenated alkanes) is 1. The molecule has 0 unspecified atom stereocenters. The predicted molar refractivity (Wildman–Crippen MR) is 108 cm³/mol. The van der Waals surface area contributed by atoms with Crippen molar-refractivity contribution in [1.82, 2.24) is 20.1 Å². The average molecular weight is 387 g/mol. The summed E-state index contributed by atoms with van der Waals surface area (Å²) < 4.78 is 16.1. The van der Waals surface area contributed by atoms with Crippen LogP contribution in [-0.4, -0.2) is 80.7 Å². The van der Waals surface area contributed by atoms with Crippen LogP contribution in [0.15, 0.2) is 24.4 Å². The molecule has 8 nitrogen and oxygen atoms in total. The molecule has 1 aliphatic heterocycles. The lowest BCUT2D eigenvalue weighted by atomic mass is 10.1. The Labute approximate surface area is 166 Å². The molecule has 1 aromatic carbocycles. The maximum atomic E-state index is 5.39. The zero-order chi connectivity index (χ0) is 19.8. The number of benzene rings is 1. The van der Waals surface area contributed by atoms with Crippen LogP contribution in [0.1, 0.15) is 12.8 Å². The van der Waals surface area contributed by atoms with Crippen molar-refractivity contribution >= 4 is 5.95 Å². The summed E-state index contributed by atoms with van der Waals surface area (Å²) in [6.07, 6.45) is 3.89. The third-order valence-corrected chi connectivity index (χ3v) is 4.89. The van der Waals surface area contributed by atoms with Crippen LogP contribution in [0.2, 0.25) is 0 Å². The van der Waals surface area contributed by atoms with Crippen LogP contribution in [-0.2, 0) is 4.74 Å². The smallest absolute Gasteiger partial charge is 0.245 e. The number of hydrogen-bond donors (Lipinski definition) is 0. The number of nitrogens with zero attached hydrogens (tertiary/aromatic N) is 5. The van der Waals surface area contributed by atoms with Crippen LogP contribution in [0, 0.1) is 0 Å². The fourth-order valence-electron chi connectivity index (χ4n) is 3.20. The third kappa shape index (κ3) is 5.30. The van der Waals surface area contributed by atoms with Gasteiger partial charge in [0.1, 0.15) is 0 Å². The quantitative estimate of drug-likeness (QED) is 0.606. The van der Waals surface area contributed by atoms with Crippen molar-refractivity contribution in [3.8, 4) is 22.8 Å². The zero-order valence-electron chi connectivity index (χ0n) is 16.9. The summed E-state index contributed by atoms with van der Waals surface area (Å²) in [5, 5.41) is 8.33. The summed E-state index contributed by atoms with van der Waals surface area (Å²) >= 11 is 0. The van der Waals surface area contributed by atoms with Crippen molar-refractivity contribution in [2.24, 2.45) is 0 Å². The number of hydrogen-bond acceptors (Lipinski definition) is 8. The number of aromatic nitrogens is 3. The van der Waals surface area contributed by atoms with Gasteiger partial charge in [-0.2, -0.15) is 5.10 Å². The molecule has 0 spiro atoms. The van der Waals surface area contributed by atoms with Crippen LogP contribution >= 0.6 is 0 Å². The Morgan fingerprint density at radius 3 is 2.64 bits per heavy atom. The van der Waals surface area contributed by atoms with E-state index < -0.39 is 0 Å². The lowest BCUT2D eigenvalue weighted by Crippen LogP contribution is -2.37. The Morgan fingerprint density at radius 1 is 1.11 bits per heavy atom. The van der Waals surface area contributed by atoms with Crippen molar-refractivity contribution in [1.29, 1.82) is 0 Å². The minimum absolute atomic E-state index is 0.624. The van der Waals surface area contributed by atoms with E-state index in [2.05, 4.69) is 25.0 Å². The Balaban J connectivity index is 1.57. The van der Waals surface area contributed by atoms with Crippen LogP contribution in [0.25, 0.3) is 11.3 Å². The standard InChI is InChI=1S/C20H29N5O3/c1-24(8-4-5-9-25-10-12-28-13-11-25)20-22-17(15-21-23-20)16-6-7-18(26-2)19(14-16)27-3/h6-7,14-15H,4-5,8-13H2,1-3H3. The van der Waals surface area contributed by atoms with E-state index >= 15 is 0 Å². The van der Waals surface area contributed by atoms with Gasteiger partial charge >= 0.3 is 0 Å². The molecular formula is C20H29N5O3. The van der Waals surface area contributed by atoms with Crippen LogP contribution in [0.3, 0.4) is 0 Å². The van der Waals surface area contributed by atoms with Gasteiger partial charge in [0, 0.05) is 32.2 Å². The number of morpholine rings is 1. The number of methoxy groups -OCH3 is 2. The topological polar surface area (TPSA) is 72.8 Å². The van der Waals surface area contributed by atoms with E-state index in [0.29, 0.717) is 17.4 Å². The van der Waals surface area contributed by atoms with E-state index in [4.69, 9.17) is 14.2 Å². The highest BCUT2D eigenvalue weighted by atomic mass is 16.5. The molecule has 3 rings (SSSR count). The van der Waals surface area contributed by atoms with Gasteiger partial charge in [-0.05, 0) is 37.6 Å². The molecule has 2 heterocycles. The second kappa shape index (κ2) is 10.2. The summed E-state index contributed by atoms with van der Waals surface area (Å²) in [5.41, 5.74) is 1.67. The molecule has 152 valence electrons. The Hall–Kier alpha value is -2.45. The maximum absolute atomic E-state index is 5.39. The van der Waals surface area contributed by atoms with E-state index in [-0.39, 0.29) is 0 Å². The molecule has 28 heavy (non-hydrogen) atoms. The second-order valence-corrected chi connectivity index (χ2v) is 6.79. The Bertz CT molecular complexity index is 752. The van der Waals surface area contributed by atoms with Crippen molar-refractivity contribution in [2.75, 3.05) is 65.6 Å². The first-order chi connectivity index (χ1) is 13.7. The molecule has 1 fully saturated rings. The minimum Gasteiger partial charge on any atom is -0.493 e. The molecule has 0 bridgehead atoms. The van der Waals surface area contributed by atoms with E-state index in [1.54, 1.807) is 20.4 Å². The van der Waals surface area contributed by atoms with Gasteiger partial charge in [0.25, 0.3) is 0 Å². The SMILES string of the molecule is COc1ccc(-c2cnnc(N(C)CCCCN3CCOCC3)n2)cc1OC. The molecular weight excluding hydrogens is 358 g/mol. The van der Waals surface area contributed by atoms with E-state index in [1.165, 1.54) is 0 Å². The molecule has 0 saturated carbocycles. The minimum atomic E-state index is 0.624. The predicted octanol–water partition coefficient (Wildman–Crippen LogP) is 2.10. The molecule has 2 aromatic rings. The number of anilines is 1. The summed E-state index contributed by atoms with van der Waals surface area (Å²) in [4.78, 5) is 9.18.